The average Bonchev–Trinajstić information content (AvgIpc) is 2.43. The Morgan fingerprint density at radius 2 is 2.05 bits per heavy atom. The first-order valence-electron chi connectivity index (χ1n) is 6.60. The number of benzene rings is 1. The molecule has 2 nitrogen and oxygen atoms in total. The van der Waals surface area contributed by atoms with Gasteiger partial charge in [0, 0.05) is 27.9 Å². The molecule has 1 atom stereocenters. The zero-order valence-corrected chi connectivity index (χ0v) is 13.5. The number of nitrogens with zero attached hydrogens (tertiary/aromatic N) is 1. The van der Waals surface area contributed by atoms with Gasteiger partial charge in [-0.2, -0.15) is 0 Å². The summed E-state index contributed by atoms with van der Waals surface area (Å²) in [6, 6.07) is 12.9. The van der Waals surface area contributed by atoms with Crippen LogP contribution in [0.5, 0.6) is 0 Å². The highest BCUT2D eigenvalue weighted by Gasteiger charge is 2.15. The van der Waals surface area contributed by atoms with Crippen LogP contribution in [-0.4, -0.2) is 11.5 Å². The Kier molecular flexibility index (Phi) is 5.34. The van der Waals surface area contributed by atoms with Crippen molar-refractivity contribution in [3.63, 3.8) is 0 Å². The van der Waals surface area contributed by atoms with Gasteiger partial charge in [-0.1, -0.05) is 31.2 Å². The molecule has 0 spiro atoms. The molecule has 1 N–H and O–H groups in total. The second-order valence-electron chi connectivity index (χ2n) is 4.61. The Balaban J connectivity index is 2.27. The number of hydrogen-bond donors (Lipinski definition) is 1. The van der Waals surface area contributed by atoms with Crippen LogP contribution < -0.4 is 5.32 Å². The van der Waals surface area contributed by atoms with Gasteiger partial charge in [0.2, 0.25) is 0 Å². The van der Waals surface area contributed by atoms with Gasteiger partial charge in [0.05, 0.1) is 0 Å². The van der Waals surface area contributed by atoms with Crippen LogP contribution in [0.2, 0.25) is 0 Å². The number of rotatable bonds is 5. The number of nitrogens with one attached hydrogen (secondary N) is 1. The van der Waals surface area contributed by atoms with Crippen LogP contribution in [0.25, 0.3) is 0 Å². The van der Waals surface area contributed by atoms with Crippen molar-refractivity contribution < 1.29 is 0 Å². The summed E-state index contributed by atoms with van der Waals surface area (Å²) in [5, 5.41) is 3.57. The maximum atomic E-state index is 4.44. The Morgan fingerprint density at radius 1 is 1.21 bits per heavy atom. The summed E-state index contributed by atoms with van der Waals surface area (Å²) in [4.78, 5) is 4.44. The molecular weight excluding hydrogens is 347 g/mol. The van der Waals surface area contributed by atoms with E-state index in [1.807, 2.05) is 18.3 Å². The molecule has 1 heterocycles. The smallest absolute Gasteiger partial charge is 0.0422 e. The van der Waals surface area contributed by atoms with Gasteiger partial charge in [-0.15, -0.1) is 0 Å². The van der Waals surface area contributed by atoms with Gasteiger partial charge >= 0.3 is 0 Å². The number of halogens is 1. The fraction of sp³-hybridized carbons (Fsp3) is 0.312. The Morgan fingerprint density at radius 3 is 2.74 bits per heavy atom. The normalized spacial score (nSPS) is 12.4. The van der Waals surface area contributed by atoms with Crippen molar-refractivity contribution in [1.29, 1.82) is 0 Å². The Labute approximate surface area is 128 Å². The fourth-order valence-electron chi connectivity index (χ4n) is 2.21. The number of aryl methyl sites for hydroxylation is 1. The monoisotopic (exact) mass is 366 g/mol. The SMILES string of the molecule is CCNC(Cc1ccccn1)c1cccc(C)c1I. The van der Waals surface area contributed by atoms with Gasteiger partial charge in [-0.05, 0) is 59.3 Å². The average molecular weight is 366 g/mol. The topological polar surface area (TPSA) is 24.9 Å². The molecular formula is C16H19IN2. The van der Waals surface area contributed by atoms with Gasteiger partial charge in [-0.3, -0.25) is 4.98 Å². The minimum Gasteiger partial charge on any atom is -0.310 e. The van der Waals surface area contributed by atoms with Gasteiger partial charge < -0.3 is 5.32 Å². The predicted octanol–water partition coefficient (Wildman–Crippen LogP) is 3.89. The number of likely N-dealkylation sites (N-methyl/N-ethyl adjacent to an activating group) is 1. The molecule has 0 saturated heterocycles. The molecule has 1 aromatic heterocycles. The summed E-state index contributed by atoms with van der Waals surface area (Å²) >= 11 is 2.44. The van der Waals surface area contributed by atoms with E-state index in [2.05, 4.69) is 71.0 Å². The molecule has 1 aromatic carbocycles. The zero-order chi connectivity index (χ0) is 13.7. The standard InChI is InChI=1S/C16H19IN2/c1-3-18-15(11-13-8-4-5-10-19-13)14-9-6-7-12(2)16(14)17/h4-10,15,18H,3,11H2,1-2H3. The summed E-state index contributed by atoms with van der Waals surface area (Å²) in [5.74, 6) is 0. The van der Waals surface area contributed by atoms with Crippen LogP contribution >= 0.6 is 22.6 Å². The minimum absolute atomic E-state index is 0.326. The molecule has 100 valence electrons. The molecule has 0 amide bonds. The third-order valence-electron chi connectivity index (χ3n) is 3.19. The highest BCUT2D eigenvalue weighted by atomic mass is 127. The molecule has 19 heavy (non-hydrogen) atoms. The lowest BCUT2D eigenvalue weighted by Crippen LogP contribution is -2.24. The number of pyridine rings is 1. The molecule has 2 aromatic rings. The lowest BCUT2D eigenvalue weighted by molar-refractivity contribution is 0.541. The molecule has 0 radical (unpaired) electrons. The van der Waals surface area contributed by atoms with Crippen LogP contribution in [0.15, 0.2) is 42.6 Å². The molecule has 1 unspecified atom stereocenters. The lowest BCUT2D eigenvalue weighted by atomic mass is 10.00. The summed E-state index contributed by atoms with van der Waals surface area (Å²) in [6.07, 6.45) is 2.79. The van der Waals surface area contributed by atoms with Crippen molar-refractivity contribution in [3.05, 3.63) is 63.0 Å². The molecule has 0 aliphatic heterocycles. The lowest BCUT2D eigenvalue weighted by Gasteiger charge is -2.20. The van der Waals surface area contributed by atoms with Crippen molar-refractivity contribution in [2.24, 2.45) is 0 Å². The summed E-state index contributed by atoms with van der Waals surface area (Å²) in [5.41, 5.74) is 3.83. The van der Waals surface area contributed by atoms with Crippen LogP contribution in [0.1, 0.15) is 29.8 Å². The van der Waals surface area contributed by atoms with Crippen molar-refractivity contribution in [1.82, 2.24) is 10.3 Å². The van der Waals surface area contributed by atoms with Crippen LogP contribution in [0.4, 0.5) is 0 Å². The van der Waals surface area contributed by atoms with Crippen molar-refractivity contribution >= 4 is 22.6 Å². The van der Waals surface area contributed by atoms with E-state index in [-0.39, 0.29) is 0 Å². The number of hydrogen-bond acceptors (Lipinski definition) is 2. The highest BCUT2D eigenvalue weighted by molar-refractivity contribution is 14.1. The van der Waals surface area contributed by atoms with Gasteiger partial charge in [0.25, 0.3) is 0 Å². The van der Waals surface area contributed by atoms with Gasteiger partial charge in [0.15, 0.2) is 0 Å². The van der Waals surface area contributed by atoms with Gasteiger partial charge in [0.1, 0.15) is 0 Å². The van der Waals surface area contributed by atoms with Gasteiger partial charge in [-0.25, -0.2) is 0 Å². The van der Waals surface area contributed by atoms with E-state index in [4.69, 9.17) is 0 Å². The van der Waals surface area contributed by atoms with E-state index in [9.17, 15) is 0 Å². The van der Waals surface area contributed by atoms with Crippen LogP contribution in [0.3, 0.4) is 0 Å². The molecule has 0 fully saturated rings. The fourth-order valence-corrected chi connectivity index (χ4v) is 2.94. The second-order valence-corrected chi connectivity index (χ2v) is 5.69. The second kappa shape index (κ2) is 7.01. The predicted molar refractivity (Wildman–Crippen MR) is 88.3 cm³/mol. The third kappa shape index (κ3) is 3.76. The first-order chi connectivity index (χ1) is 9.22. The highest BCUT2D eigenvalue weighted by Crippen LogP contribution is 2.25. The van der Waals surface area contributed by atoms with E-state index >= 15 is 0 Å². The first kappa shape index (κ1) is 14.5. The summed E-state index contributed by atoms with van der Waals surface area (Å²) in [6.45, 7) is 5.27. The Hall–Kier alpha value is -0.940. The molecule has 0 saturated carbocycles. The maximum Gasteiger partial charge on any atom is 0.0422 e. The summed E-state index contributed by atoms with van der Waals surface area (Å²) in [7, 11) is 0. The molecule has 0 bridgehead atoms. The van der Waals surface area contributed by atoms with Crippen LogP contribution in [-0.2, 0) is 6.42 Å². The third-order valence-corrected chi connectivity index (χ3v) is 4.66. The van der Waals surface area contributed by atoms with E-state index in [0.29, 0.717) is 6.04 Å². The van der Waals surface area contributed by atoms with Crippen molar-refractivity contribution in [2.75, 3.05) is 6.54 Å². The number of aromatic nitrogens is 1. The van der Waals surface area contributed by atoms with E-state index in [0.717, 1.165) is 18.7 Å². The van der Waals surface area contributed by atoms with Crippen LogP contribution in [0, 0.1) is 10.5 Å². The zero-order valence-electron chi connectivity index (χ0n) is 11.4. The van der Waals surface area contributed by atoms with E-state index in [1.54, 1.807) is 0 Å². The summed E-state index contributed by atoms with van der Waals surface area (Å²) < 4.78 is 1.35. The van der Waals surface area contributed by atoms with E-state index in [1.165, 1.54) is 14.7 Å². The van der Waals surface area contributed by atoms with Crippen molar-refractivity contribution in [3.8, 4) is 0 Å². The van der Waals surface area contributed by atoms with E-state index < -0.39 is 0 Å². The Bertz CT molecular complexity index is 526. The quantitative estimate of drug-likeness (QED) is 0.813. The minimum atomic E-state index is 0.326. The molecule has 0 aliphatic rings. The molecule has 0 aliphatic carbocycles. The largest absolute Gasteiger partial charge is 0.310 e. The first-order valence-corrected chi connectivity index (χ1v) is 7.68. The molecule has 2 rings (SSSR count). The van der Waals surface area contributed by atoms with Crippen molar-refractivity contribution in [2.45, 2.75) is 26.3 Å². The maximum absolute atomic E-state index is 4.44. The molecule has 3 heteroatoms.